The predicted octanol–water partition coefficient (Wildman–Crippen LogP) is 16.7. The van der Waals surface area contributed by atoms with Crippen molar-refractivity contribution in [3.05, 3.63) is 317 Å². The van der Waals surface area contributed by atoms with E-state index in [2.05, 4.69) is 278 Å². The van der Waals surface area contributed by atoms with E-state index in [-0.39, 0.29) is 0 Å². The molecule has 13 rings (SSSR count). The molecule has 11 aromatic carbocycles. The number of rotatable bonds is 8. The first kappa shape index (κ1) is 38.9. The molecule has 2 aliphatic rings. The van der Waals surface area contributed by atoms with Crippen LogP contribution in [0.25, 0.3) is 44.2 Å². The van der Waals surface area contributed by atoms with Crippen LogP contribution in [0, 0.1) is 0 Å². The maximum absolute atomic E-state index is 2.56. The van der Waals surface area contributed by atoms with Gasteiger partial charge in [0.25, 0.3) is 0 Å². The van der Waals surface area contributed by atoms with Gasteiger partial charge in [0, 0.05) is 16.6 Å². The molecule has 314 valence electrons. The number of fused-ring (bicyclic) bond motifs is 7. The fourth-order valence-corrected chi connectivity index (χ4v) is 11.9. The highest BCUT2D eigenvalue weighted by Gasteiger charge is 2.49. The highest BCUT2D eigenvalue weighted by atomic mass is 15.1. The SMILES string of the molecule is c1ccc(-c2ccc3c(c2)C(c2ccccc2)(c2ccccc2)c2cc(N(c4cccc5c4-c4ccccc4C5(c4ccccc4)c4ccccc4)c4cccc5ccccc45)ccc2-3)cc1. The zero-order valence-corrected chi connectivity index (χ0v) is 36.9. The number of anilines is 3. The summed E-state index contributed by atoms with van der Waals surface area (Å²) in [4.78, 5) is 2.56. The fraction of sp³-hybridized carbons (Fsp3) is 0.0303. The lowest BCUT2D eigenvalue weighted by molar-refractivity contribution is 0.768. The summed E-state index contributed by atoms with van der Waals surface area (Å²) in [5.74, 6) is 0. The van der Waals surface area contributed by atoms with Gasteiger partial charge in [-0.05, 0) is 108 Å². The average molecular weight is 852 g/mol. The first-order chi connectivity index (χ1) is 33.3. The van der Waals surface area contributed by atoms with Gasteiger partial charge in [0.2, 0.25) is 0 Å². The molecule has 1 heteroatoms. The third-order valence-electron chi connectivity index (χ3n) is 14.6. The molecule has 1 nitrogen and oxygen atoms in total. The Balaban J connectivity index is 1.13. The summed E-state index contributed by atoms with van der Waals surface area (Å²) in [6.07, 6.45) is 0. The van der Waals surface area contributed by atoms with Crippen molar-refractivity contribution in [1.82, 2.24) is 0 Å². The van der Waals surface area contributed by atoms with Gasteiger partial charge in [-0.2, -0.15) is 0 Å². The van der Waals surface area contributed by atoms with Crippen molar-refractivity contribution in [2.75, 3.05) is 4.90 Å². The maximum atomic E-state index is 2.56. The van der Waals surface area contributed by atoms with Crippen LogP contribution in [0.1, 0.15) is 44.5 Å². The minimum Gasteiger partial charge on any atom is -0.309 e. The van der Waals surface area contributed by atoms with Crippen molar-refractivity contribution >= 4 is 27.8 Å². The van der Waals surface area contributed by atoms with E-state index in [0.717, 1.165) is 17.1 Å². The van der Waals surface area contributed by atoms with Gasteiger partial charge in [-0.15, -0.1) is 0 Å². The van der Waals surface area contributed by atoms with Crippen molar-refractivity contribution in [2.45, 2.75) is 10.8 Å². The second-order valence-electron chi connectivity index (χ2n) is 17.9. The first-order valence-electron chi connectivity index (χ1n) is 23.3. The van der Waals surface area contributed by atoms with Crippen LogP contribution in [0.5, 0.6) is 0 Å². The Hall–Kier alpha value is -8.52. The normalized spacial score (nSPS) is 13.6. The van der Waals surface area contributed by atoms with Gasteiger partial charge in [-0.25, -0.2) is 0 Å². The summed E-state index contributed by atoms with van der Waals surface area (Å²) in [5.41, 5.74) is 19.7. The molecule has 0 bridgehead atoms. The highest BCUT2D eigenvalue weighted by molar-refractivity contribution is 6.04. The summed E-state index contributed by atoms with van der Waals surface area (Å²) in [7, 11) is 0. The number of benzene rings is 11. The van der Waals surface area contributed by atoms with Crippen molar-refractivity contribution in [3.8, 4) is 33.4 Å². The molecule has 0 unspecified atom stereocenters. The standard InChI is InChI=1S/C66H45N/c1-6-22-46(23-7-1)48-40-42-55-56-43-41-53(45-61(56)66(60(55)44-48,51-30-12-4-13-31-51)52-32-14-5-15-33-52)67(62-38-20-25-47-24-16-17-34-54(47)62)63-39-21-37-59-64(63)57-35-18-19-36-58(57)65(59,49-26-8-2-9-27-49)50-28-10-3-11-29-50/h1-45H. The second-order valence-corrected chi connectivity index (χ2v) is 17.9. The van der Waals surface area contributed by atoms with Gasteiger partial charge in [0.1, 0.15) is 0 Å². The second kappa shape index (κ2) is 15.6. The molecule has 0 aromatic heterocycles. The Labute approximate surface area is 392 Å². The molecule has 0 heterocycles. The highest BCUT2D eigenvalue weighted by Crippen LogP contribution is 2.61. The first-order valence-corrected chi connectivity index (χ1v) is 23.3. The van der Waals surface area contributed by atoms with Crippen LogP contribution in [-0.4, -0.2) is 0 Å². The largest absolute Gasteiger partial charge is 0.309 e. The zero-order valence-electron chi connectivity index (χ0n) is 36.9. The molecule has 0 amide bonds. The monoisotopic (exact) mass is 851 g/mol. The third-order valence-corrected chi connectivity index (χ3v) is 14.6. The summed E-state index contributed by atoms with van der Waals surface area (Å²) in [6, 6.07) is 101. The third kappa shape index (κ3) is 5.75. The number of nitrogens with zero attached hydrogens (tertiary/aromatic N) is 1. The van der Waals surface area contributed by atoms with E-state index in [1.54, 1.807) is 0 Å². The van der Waals surface area contributed by atoms with Gasteiger partial charge >= 0.3 is 0 Å². The topological polar surface area (TPSA) is 3.24 Å². The number of hydrogen-bond donors (Lipinski definition) is 0. The minimum absolute atomic E-state index is 0.541. The summed E-state index contributed by atoms with van der Waals surface area (Å²) in [6.45, 7) is 0. The predicted molar refractivity (Wildman–Crippen MR) is 279 cm³/mol. The minimum atomic E-state index is -0.612. The van der Waals surface area contributed by atoms with E-state index in [4.69, 9.17) is 0 Å². The Morgan fingerprint density at radius 3 is 1.37 bits per heavy atom. The zero-order chi connectivity index (χ0) is 44.4. The number of hydrogen-bond acceptors (Lipinski definition) is 1. The Kier molecular flexibility index (Phi) is 9.05. The van der Waals surface area contributed by atoms with Gasteiger partial charge < -0.3 is 4.90 Å². The van der Waals surface area contributed by atoms with E-state index in [1.165, 1.54) is 88.7 Å². The van der Waals surface area contributed by atoms with Crippen molar-refractivity contribution in [1.29, 1.82) is 0 Å². The average Bonchev–Trinajstić information content (AvgIpc) is 3.88. The van der Waals surface area contributed by atoms with E-state index in [0.29, 0.717) is 0 Å². The van der Waals surface area contributed by atoms with Crippen molar-refractivity contribution < 1.29 is 0 Å². The van der Waals surface area contributed by atoms with Gasteiger partial charge in [-0.3, -0.25) is 0 Å². The van der Waals surface area contributed by atoms with E-state index < -0.39 is 10.8 Å². The summed E-state index contributed by atoms with van der Waals surface area (Å²) >= 11 is 0. The van der Waals surface area contributed by atoms with Crippen LogP contribution in [0.2, 0.25) is 0 Å². The lowest BCUT2D eigenvalue weighted by Crippen LogP contribution is -2.29. The maximum Gasteiger partial charge on any atom is 0.0714 e. The van der Waals surface area contributed by atoms with Crippen LogP contribution in [0.3, 0.4) is 0 Å². The molecule has 0 atom stereocenters. The Morgan fingerprint density at radius 2 is 0.731 bits per heavy atom. The molecule has 0 radical (unpaired) electrons. The van der Waals surface area contributed by atoms with Crippen LogP contribution < -0.4 is 4.90 Å². The van der Waals surface area contributed by atoms with Gasteiger partial charge in [-0.1, -0.05) is 243 Å². The van der Waals surface area contributed by atoms with E-state index in [1.807, 2.05) is 0 Å². The van der Waals surface area contributed by atoms with E-state index >= 15 is 0 Å². The molecule has 0 fully saturated rings. The summed E-state index contributed by atoms with van der Waals surface area (Å²) in [5, 5.41) is 2.39. The molecule has 67 heavy (non-hydrogen) atoms. The molecule has 0 N–H and O–H groups in total. The lowest BCUT2D eigenvalue weighted by atomic mass is 9.67. The van der Waals surface area contributed by atoms with Crippen LogP contribution in [0.15, 0.2) is 273 Å². The smallest absolute Gasteiger partial charge is 0.0714 e. The Bertz CT molecular complexity index is 3530. The van der Waals surface area contributed by atoms with Crippen LogP contribution >= 0.6 is 0 Å². The molecule has 11 aromatic rings. The lowest BCUT2D eigenvalue weighted by Gasteiger charge is -2.36. The van der Waals surface area contributed by atoms with Crippen LogP contribution in [0.4, 0.5) is 17.1 Å². The molecule has 0 aliphatic heterocycles. The van der Waals surface area contributed by atoms with Crippen molar-refractivity contribution in [2.24, 2.45) is 0 Å². The quantitative estimate of drug-likeness (QED) is 0.147. The molecular formula is C66H45N. The fourth-order valence-electron chi connectivity index (χ4n) is 11.9. The van der Waals surface area contributed by atoms with Gasteiger partial charge in [0.05, 0.1) is 22.2 Å². The van der Waals surface area contributed by atoms with E-state index in [9.17, 15) is 0 Å². The molecule has 0 saturated heterocycles. The van der Waals surface area contributed by atoms with Crippen LogP contribution in [-0.2, 0) is 10.8 Å². The molecule has 0 saturated carbocycles. The molecule has 0 spiro atoms. The molecule has 2 aliphatic carbocycles. The Morgan fingerprint density at radius 1 is 0.269 bits per heavy atom. The van der Waals surface area contributed by atoms with Gasteiger partial charge in [0.15, 0.2) is 0 Å². The van der Waals surface area contributed by atoms with Crippen molar-refractivity contribution in [3.63, 3.8) is 0 Å². The summed E-state index contributed by atoms with van der Waals surface area (Å²) < 4.78 is 0. The molecular weight excluding hydrogens is 807 g/mol.